The number of carbonyl (C=O) groups excluding carboxylic acids is 3. The van der Waals surface area contributed by atoms with Crippen molar-refractivity contribution in [1.29, 1.82) is 0 Å². The van der Waals surface area contributed by atoms with Crippen molar-refractivity contribution in [2.45, 2.75) is 19.1 Å². The van der Waals surface area contributed by atoms with E-state index in [0.717, 1.165) is 21.8 Å². The number of esters is 1. The average molecular weight is 483 g/mol. The Bertz CT molecular complexity index is 893. The zero-order valence-electron chi connectivity index (χ0n) is 15.8. The Morgan fingerprint density at radius 1 is 1.07 bits per heavy atom. The van der Waals surface area contributed by atoms with Crippen LogP contribution in [0, 0.1) is 12.7 Å². The molecule has 2 amide bonds. The Morgan fingerprint density at radius 3 is 2.34 bits per heavy atom. The first-order chi connectivity index (χ1) is 13.7. The van der Waals surface area contributed by atoms with E-state index in [2.05, 4.69) is 26.6 Å². The Kier molecular flexibility index (Phi) is 8.66. The van der Waals surface area contributed by atoms with E-state index in [9.17, 15) is 18.8 Å². The van der Waals surface area contributed by atoms with Gasteiger partial charge in [0.05, 0.1) is 5.75 Å². The summed E-state index contributed by atoms with van der Waals surface area (Å²) in [5, 5.41) is 4.63. The van der Waals surface area contributed by atoms with Gasteiger partial charge in [0.1, 0.15) is 11.1 Å². The van der Waals surface area contributed by atoms with E-state index in [1.165, 1.54) is 24.3 Å². The molecule has 1 unspecified atom stereocenters. The summed E-state index contributed by atoms with van der Waals surface area (Å²) in [5.74, 6) is -1.76. The molecule has 2 aromatic rings. The van der Waals surface area contributed by atoms with Crippen LogP contribution < -0.4 is 10.6 Å². The first-order valence-corrected chi connectivity index (χ1v) is 10.5. The molecule has 0 aromatic heterocycles. The minimum atomic E-state index is -0.628. The summed E-state index contributed by atoms with van der Waals surface area (Å²) < 4.78 is 18.8. The Balaban J connectivity index is 1.71. The number of carbonyl (C=O) groups is 3. The van der Waals surface area contributed by atoms with E-state index in [1.54, 1.807) is 19.1 Å². The summed E-state index contributed by atoms with van der Waals surface area (Å²) in [6.07, 6.45) is 0. The predicted molar refractivity (Wildman–Crippen MR) is 115 cm³/mol. The van der Waals surface area contributed by atoms with Crippen molar-refractivity contribution < 1.29 is 23.5 Å². The van der Waals surface area contributed by atoms with Crippen molar-refractivity contribution in [2.24, 2.45) is 0 Å². The van der Waals surface area contributed by atoms with Gasteiger partial charge >= 0.3 is 5.97 Å². The Hall–Kier alpha value is -2.39. The number of nitrogens with one attached hydrogen (secondary N) is 2. The van der Waals surface area contributed by atoms with E-state index in [0.29, 0.717) is 11.4 Å². The van der Waals surface area contributed by atoms with Gasteiger partial charge in [0, 0.05) is 15.8 Å². The van der Waals surface area contributed by atoms with Crippen LogP contribution in [0.3, 0.4) is 0 Å². The minimum absolute atomic E-state index is 0.0119. The number of benzene rings is 2. The maximum atomic E-state index is 12.9. The molecule has 0 fully saturated rings. The zero-order valence-corrected chi connectivity index (χ0v) is 18.2. The SMILES string of the molecule is Cc1cc(NC(=O)COC(=O)C(C)SCC(=O)Nc2ccc(F)cc2)ccc1Br. The van der Waals surface area contributed by atoms with Gasteiger partial charge in [-0.25, -0.2) is 4.39 Å². The molecule has 6 nitrogen and oxygen atoms in total. The lowest BCUT2D eigenvalue weighted by molar-refractivity contribution is -0.146. The van der Waals surface area contributed by atoms with Crippen molar-refractivity contribution in [3.05, 3.63) is 58.3 Å². The fraction of sp³-hybridized carbons (Fsp3) is 0.250. The van der Waals surface area contributed by atoms with Gasteiger partial charge in [-0.05, 0) is 61.9 Å². The predicted octanol–water partition coefficient (Wildman–Crippen LogP) is 4.14. The van der Waals surface area contributed by atoms with Crippen LogP contribution in [0.15, 0.2) is 46.9 Å². The highest BCUT2D eigenvalue weighted by atomic mass is 79.9. The summed E-state index contributed by atoms with van der Waals surface area (Å²) in [5.41, 5.74) is 2.03. The van der Waals surface area contributed by atoms with Gasteiger partial charge in [0.15, 0.2) is 6.61 Å². The second kappa shape index (κ2) is 11.0. The van der Waals surface area contributed by atoms with Gasteiger partial charge < -0.3 is 15.4 Å². The van der Waals surface area contributed by atoms with Crippen LogP contribution in [0.2, 0.25) is 0 Å². The van der Waals surface area contributed by atoms with Crippen molar-refractivity contribution in [2.75, 3.05) is 23.0 Å². The van der Waals surface area contributed by atoms with Gasteiger partial charge in [-0.1, -0.05) is 15.9 Å². The summed E-state index contributed by atoms with van der Waals surface area (Å²) >= 11 is 4.46. The Morgan fingerprint density at radius 2 is 1.69 bits per heavy atom. The minimum Gasteiger partial charge on any atom is -0.455 e. The molecule has 2 N–H and O–H groups in total. The molecule has 9 heteroatoms. The van der Waals surface area contributed by atoms with Crippen molar-refractivity contribution in [3.63, 3.8) is 0 Å². The highest BCUT2D eigenvalue weighted by Crippen LogP contribution is 2.20. The molecule has 2 rings (SSSR count). The monoisotopic (exact) mass is 482 g/mol. The first-order valence-electron chi connectivity index (χ1n) is 8.64. The van der Waals surface area contributed by atoms with Crippen LogP contribution in [0.25, 0.3) is 0 Å². The number of rotatable bonds is 8. The van der Waals surface area contributed by atoms with Crippen LogP contribution >= 0.6 is 27.7 Å². The largest absolute Gasteiger partial charge is 0.455 e. The van der Waals surface area contributed by atoms with E-state index in [4.69, 9.17) is 4.74 Å². The maximum absolute atomic E-state index is 12.9. The quantitative estimate of drug-likeness (QED) is 0.552. The summed E-state index contributed by atoms with van der Waals surface area (Å²) in [7, 11) is 0. The van der Waals surface area contributed by atoms with Crippen molar-refractivity contribution in [3.8, 4) is 0 Å². The molecule has 0 saturated carbocycles. The Labute approximate surface area is 180 Å². The second-order valence-corrected chi connectivity index (χ2v) is 8.31. The molecule has 0 saturated heterocycles. The van der Waals surface area contributed by atoms with Gasteiger partial charge in [-0.2, -0.15) is 0 Å². The van der Waals surface area contributed by atoms with Crippen molar-refractivity contribution >= 4 is 56.9 Å². The number of amides is 2. The molecule has 154 valence electrons. The first kappa shape index (κ1) is 22.9. The summed E-state index contributed by atoms with van der Waals surface area (Å²) in [6, 6.07) is 10.7. The second-order valence-electron chi connectivity index (χ2n) is 6.13. The molecule has 0 heterocycles. The molecule has 0 radical (unpaired) electrons. The highest BCUT2D eigenvalue weighted by Gasteiger charge is 2.18. The number of hydrogen-bond acceptors (Lipinski definition) is 5. The molecule has 2 aromatic carbocycles. The van der Waals surface area contributed by atoms with E-state index >= 15 is 0 Å². The standard InChI is InChI=1S/C20H20BrFN2O4S/c1-12-9-16(7-8-17(12)21)24-18(25)10-28-20(27)13(2)29-11-19(26)23-15-5-3-14(22)4-6-15/h3-9,13H,10-11H2,1-2H3,(H,23,26)(H,24,25). The lowest BCUT2D eigenvalue weighted by Gasteiger charge is -2.12. The third-order valence-electron chi connectivity index (χ3n) is 3.71. The van der Waals surface area contributed by atoms with Gasteiger partial charge in [-0.3, -0.25) is 14.4 Å². The molecule has 0 aliphatic heterocycles. The third kappa shape index (κ3) is 7.86. The molecule has 1 atom stereocenters. The molecule has 29 heavy (non-hydrogen) atoms. The number of aryl methyl sites for hydroxylation is 1. The average Bonchev–Trinajstić information content (AvgIpc) is 2.69. The van der Waals surface area contributed by atoms with Gasteiger partial charge in [0.2, 0.25) is 5.91 Å². The number of anilines is 2. The lowest BCUT2D eigenvalue weighted by Crippen LogP contribution is -2.26. The maximum Gasteiger partial charge on any atom is 0.319 e. The highest BCUT2D eigenvalue weighted by molar-refractivity contribution is 9.10. The molecule has 0 bridgehead atoms. The lowest BCUT2D eigenvalue weighted by atomic mass is 10.2. The van der Waals surface area contributed by atoms with Crippen LogP contribution in [0.5, 0.6) is 0 Å². The summed E-state index contributed by atoms with van der Waals surface area (Å²) in [4.78, 5) is 35.8. The van der Waals surface area contributed by atoms with Crippen LogP contribution in [-0.4, -0.2) is 35.4 Å². The number of ether oxygens (including phenoxy) is 1. The molecule has 0 aliphatic rings. The van der Waals surface area contributed by atoms with E-state index in [-0.39, 0.29) is 11.7 Å². The fourth-order valence-corrected chi connectivity index (χ4v) is 3.10. The number of hydrogen-bond donors (Lipinski definition) is 2. The van der Waals surface area contributed by atoms with Crippen LogP contribution in [0.1, 0.15) is 12.5 Å². The molecule has 0 aliphatic carbocycles. The van der Waals surface area contributed by atoms with Gasteiger partial charge in [-0.15, -0.1) is 11.8 Å². The van der Waals surface area contributed by atoms with Crippen LogP contribution in [-0.2, 0) is 19.1 Å². The molecule has 0 spiro atoms. The molecular weight excluding hydrogens is 463 g/mol. The van der Waals surface area contributed by atoms with Crippen molar-refractivity contribution in [1.82, 2.24) is 0 Å². The van der Waals surface area contributed by atoms with Crippen LogP contribution in [0.4, 0.5) is 15.8 Å². The molecular formula is C20H20BrFN2O4S. The number of halogens is 2. The van der Waals surface area contributed by atoms with E-state index < -0.39 is 29.6 Å². The third-order valence-corrected chi connectivity index (χ3v) is 5.72. The summed E-state index contributed by atoms with van der Waals surface area (Å²) in [6.45, 7) is 3.07. The smallest absolute Gasteiger partial charge is 0.319 e. The van der Waals surface area contributed by atoms with E-state index in [1.807, 2.05) is 13.0 Å². The normalized spacial score (nSPS) is 11.4. The van der Waals surface area contributed by atoms with Gasteiger partial charge in [0.25, 0.3) is 5.91 Å². The zero-order chi connectivity index (χ0) is 21.4. The fourth-order valence-electron chi connectivity index (χ4n) is 2.17. The topological polar surface area (TPSA) is 84.5 Å². The number of thioether (sulfide) groups is 1.